The van der Waals surface area contributed by atoms with Crippen molar-refractivity contribution >= 4 is 46.5 Å². The van der Waals surface area contributed by atoms with Crippen LogP contribution in [0.3, 0.4) is 0 Å². The maximum absolute atomic E-state index is 12.6. The lowest BCUT2D eigenvalue weighted by Crippen LogP contribution is -2.27. The summed E-state index contributed by atoms with van der Waals surface area (Å²) in [5, 5.41) is 0.460. The molecule has 0 bridgehead atoms. The van der Waals surface area contributed by atoms with Crippen molar-refractivity contribution in [2.24, 2.45) is 4.99 Å². The molecule has 0 aliphatic rings. The normalized spacial score (nSPS) is 12.4. The van der Waals surface area contributed by atoms with Gasteiger partial charge in [-0.2, -0.15) is 13.2 Å². The standard InChI is InChI=1S/C19H19Cl2F3N2S/c1-4-26(3)18(13-8-6-5-7-12(13)2)25-16-10-17(15(21)9-14(16)20)27-11-19(22,23)24/h5-10H,4,11H2,1-3H3/b25-18-. The van der Waals surface area contributed by atoms with E-state index in [0.717, 1.165) is 11.1 Å². The topological polar surface area (TPSA) is 15.6 Å². The third-order valence-electron chi connectivity index (χ3n) is 3.84. The molecule has 0 heterocycles. The second kappa shape index (κ2) is 9.22. The van der Waals surface area contributed by atoms with Crippen LogP contribution in [0.25, 0.3) is 0 Å². The van der Waals surface area contributed by atoms with Gasteiger partial charge < -0.3 is 4.90 Å². The first-order chi connectivity index (χ1) is 12.6. The molecule has 27 heavy (non-hydrogen) atoms. The zero-order valence-corrected chi connectivity index (χ0v) is 17.4. The number of benzene rings is 2. The van der Waals surface area contributed by atoms with E-state index in [1.807, 2.05) is 50.1 Å². The number of alkyl halides is 3. The Hall–Kier alpha value is -1.37. The number of amidine groups is 1. The maximum Gasteiger partial charge on any atom is 0.398 e. The molecule has 2 aromatic carbocycles. The molecule has 2 rings (SSSR count). The first-order valence-corrected chi connectivity index (χ1v) is 9.91. The summed E-state index contributed by atoms with van der Waals surface area (Å²) < 4.78 is 37.7. The quantitative estimate of drug-likeness (QED) is 0.286. The molecule has 0 aliphatic carbocycles. The number of thioether (sulfide) groups is 1. The van der Waals surface area contributed by atoms with Crippen molar-refractivity contribution in [1.29, 1.82) is 0 Å². The summed E-state index contributed by atoms with van der Waals surface area (Å²) in [6.07, 6.45) is -4.29. The van der Waals surface area contributed by atoms with Crippen LogP contribution in [0.5, 0.6) is 0 Å². The number of hydrogen-bond donors (Lipinski definition) is 0. The SMILES string of the molecule is CCN(C)/C(=N\c1cc(SCC(F)(F)F)c(Cl)cc1Cl)c1ccccc1C. The van der Waals surface area contributed by atoms with Crippen LogP contribution in [0.2, 0.25) is 10.0 Å². The summed E-state index contributed by atoms with van der Waals surface area (Å²) in [4.78, 5) is 6.91. The Balaban J connectivity index is 2.51. The van der Waals surface area contributed by atoms with Crippen molar-refractivity contribution in [1.82, 2.24) is 4.90 Å². The van der Waals surface area contributed by atoms with Gasteiger partial charge in [0.1, 0.15) is 5.84 Å². The van der Waals surface area contributed by atoms with E-state index in [4.69, 9.17) is 23.2 Å². The lowest BCUT2D eigenvalue weighted by molar-refractivity contribution is -0.105. The van der Waals surface area contributed by atoms with Crippen molar-refractivity contribution in [3.8, 4) is 0 Å². The van der Waals surface area contributed by atoms with Gasteiger partial charge in [0, 0.05) is 24.1 Å². The molecular formula is C19H19Cl2F3N2S. The van der Waals surface area contributed by atoms with E-state index in [2.05, 4.69) is 4.99 Å². The van der Waals surface area contributed by atoms with Gasteiger partial charge in [-0.25, -0.2) is 4.99 Å². The van der Waals surface area contributed by atoms with Crippen LogP contribution in [-0.2, 0) is 0 Å². The zero-order valence-electron chi connectivity index (χ0n) is 15.1. The summed E-state index contributed by atoms with van der Waals surface area (Å²) >= 11 is 13.0. The summed E-state index contributed by atoms with van der Waals surface area (Å²) in [5.41, 5.74) is 2.34. The smallest absolute Gasteiger partial charge is 0.359 e. The molecule has 0 N–H and O–H groups in total. The zero-order chi connectivity index (χ0) is 20.2. The number of rotatable bonds is 5. The number of aryl methyl sites for hydroxylation is 1. The first-order valence-electron chi connectivity index (χ1n) is 8.16. The van der Waals surface area contributed by atoms with Crippen LogP contribution in [-0.4, -0.2) is 36.3 Å². The fourth-order valence-corrected chi connectivity index (χ4v) is 3.61. The molecule has 0 spiro atoms. The summed E-state index contributed by atoms with van der Waals surface area (Å²) in [6.45, 7) is 4.67. The van der Waals surface area contributed by atoms with Crippen LogP contribution in [0.1, 0.15) is 18.1 Å². The molecule has 2 nitrogen and oxygen atoms in total. The highest BCUT2D eigenvalue weighted by Gasteiger charge is 2.28. The molecule has 0 radical (unpaired) electrons. The van der Waals surface area contributed by atoms with Gasteiger partial charge in [-0.3, -0.25) is 0 Å². The monoisotopic (exact) mass is 434 g/mol. The Morgan fingerprint density at radius 3 is 2.41 bits per heavy atom. The Kier molecular flexibility index (Phi) is 7.48. The van der Waals surface area contributed by atoms with Crippen LogP contribution in [0.15, 0.2) is 46.3 Å². The second-order valence-corrected chi connectivity index (χ2v) is 7.73. The largest absolute Gasteiger partial charge is 0.398 e. The summed E-state index contributed by atoms with van der Waals surface area (Å²) in [6, 6.07) is 10.7. The minimum Gasteiger partial charge on any atom is -0.359 e. The van der Waals surface area contributed by atoms with Crippen LogP contribution in [0, 0.1) is 6.92 Å². The van der Waals surface area contributed by atoms with Gasteiger partial charge in [-0.15, -0.1) is 11.8 Å². The van der Waals surface area contributed by atoms with Crippen molar-refractivity contribution in [3.05, 3.63) is 57.6 Å². The molecule has 146 valence electrons. The molecule has 0 fully saturated rings. The number of nitrogens with zero attached hydrogens (tertiary/aromatic N) is 2. The molecule has 2 aromatic rings. The summed E-state index contributed by atoms with van der Waals surface area (Å²) in [7, 11) is 1.90. The fourth-order valence-electron chi connectivity index (χ4n) is 2.31. The summed E-state index contributed by atoms with van der Waals surface area (Å²) in [5.74, 6) is -0.344. The van der Waals surface area contributed by atoms with E-state index in [9.17, 15) is 13.2 Å². The van der Waals surface area contributed by atoms with Gasteiger partial charge in [0.2, 0.25) is 0 Å². The van der Waals surface area contributed by atoms with Crippen molar-refractivity contribution < 1.29 is 13.2 Å². The highest BCUT2D eigenvalue weighted by molar-refractivity contribution is 7.99. The Morgan fingerprint density at radius 2 is 1.81 bits per heavy atom. The predicted octanol–water partition coefficient (Wildman–Crippen LogP) is 6.99. The highest BCUT2D eigenvalue weighted by atomic mass is 35.5. The molecule has 0 amide bonds. The third-order valence-corrected chi connectivity index (χ3v) is 5.69. The predicted molar refractivity (Wildman–Crippen MR) is 109 cm³/mol. The lowest BCUT2D eigenvalue weighted by atomic mass is 10.1. The van der Waals surface area contributed by atoms with Gasteiger partial charge in [0.25, 0.3) is 0 Å². The molecule has 0 saturated heterocycles. The Morgan fingerprint density at radius 1 is 1.15 bits per heavy atom. The van der Waals surface area contributed by atoms with Gasteiger partial charge in [0.15, 0.2) is 0 Å². The van der Waals surface area contributed by atoms with E-state index >= 15 is 0 Å². The molecule has 0 atom stereocenters. The average molecular weight is 435 g/mol. The van der Waals surface area contributed by atoms with Crippen LogP contribution >= 0.6 is 35.0 Å². The average Bonchev–Trinajstić information content (AvgIpc) is 2.59. The van der Waals surface area contributed by atoms with Gasteiger partial charge in [-0.1, -0.05) is 47.5 Å². The first kappa shape index (κ1) is 21.9. The molecule has 0 aromatic heterocycles. The van der Waals surface area contributed by atoms with Gasteiger partial charge in [0.05, 0.1) is 21.5 Å². The molecule has 0 saturated carbocycles. The van der Waals surface area contributed by atoms with Crippen molar-refractivity contribution in [2.75, 3.05) is 19.3 Å². The van der Waals surface area contributed by atoms with Gasteiger partial charge >= 0.3 is 6.18 Å². The maximum atomic E-state index is 12.6. The van der Waals surface area contributed by atoms with E-state index < -0.39 is 11.9 Å². The second-order valence-electron chi connectivity index (χ2n) is 5.90. The number of aliphatic imine (C=N–C) groups is 1. The third kappa shape index (κ3) is 6.06. The Labute approximate surface area is 171 Å². The van der Waals surface area contributed by atoms with Gasteiger partial charge in [-0.05, 0) is 31.5 Å². The van der Waals surface area contributed by atoms with Crippen molar-refractivity contribution in [3.63, 3.8) is 0 Å². The van der Waals surface area contributed by atoms with Crippen LogP contribution in [0.4, 0.5) is 18.9 Å². The molecule has 8 heteroatoms. The molecular weight excluding hydrogens is 416 g/mol. The van der Waals surface area contributed by atoms with E-state index in [1.165, 1.54) is 12.1 Å². The van der Waals surface area contributed by atoms with Crippen molar-refractivity contribution in [2.45, 2.75) is 24.9 Å². The van der Waals surface area contributed by atoms with Crippen LogP contribution < -0.4 is 0 Å². The van der Waals surface area contributed by atoms with E-state index in [-0.39, 0.29) is 10.0 Å². The molecule has 0 unspecified atom stereocenters. The number of halogens is 5. The fraction of sp³-hybridized carbons (Fsp3) is 0.316. The van der Waals surface area contributed by atoms with E-state index in [1.54, 1.807) is 0 Å². The number of hydrogen-bond acceptors (Lipinski definition) is 2. The lowest BCUT2D eigenvalue weighted by Gasteiger charge is -2.21. The minimum absolute atomic E-state index is 0.175. The minimum atomic E-state index is -4.29. The highest BCUT2D eigenvalue weighted by Crippen LogP contribution is 2.39. The molecule has 0 aliphatic heterocycles. The van der Waals surface area contributed by atoms with E-state index in [0.29, 0.717) is 34.7 Å². The Bertz CT molecular complexity index is 838.